The highest BCUT2D eigenvalue weighted by Gasteiger charge is 2.30. The van der Waals surface area contributed by atoms with Crippen LogP contribution in [0.3, 0.4) is 0 Å². The molecule has 0 saturated carbocycles. The summed E-state index contributed by atoms with van der Waals surface area (Å²) >= 11 is 1.36. The molecule has 0 spiro atoms. The van der Waals surface area contributed by atoms with Crippen LogP contribution in [0, 0.1) is 0 Å². The van der Waals surface area contributed by atoms with E-state index >= 15 is 0 Å². The summed E-state index contributed by atoms with van der Waals surface area (Å²) in [4.78, 5) is 18.8. The number of alkyl halides is 3. The first-order valence-electron chi connectivity index (χ1n) is 9.02. The molecule has 8 heteroatoms. The highest BCUT2D eigenvalue weighted by molar-refractivity contribution is 7.09. The summed E-state index contributed by atoms with van der Waals surface area (Å²) in [5.74, 6) is 0.329. The molecule has 2 aromatic carbocycles. The number of ether oxygens (including phenoxy) is 1. The maximum Gasteiger partial charge on any atom is 0.416 e. The lowest BCUT2D eigenvalue weighted by Crippen LogP contribution is -2.30. The third kappa shape index (κ3) is 4.42. The second-order valence-electron chi connectivity index (χ2n) is 6.64. The van der Waals surface area contributed by atoms with Gasteiger partial charge in [-0.25, -0.2) is 4.98 Å². The molecule has 0 fully saturated rings. The summed E-state index contributed by atoms with van der Waals surface area (Å²) in [5, 5.41) is 2.47. The SMILES string of the molecule is O=C(Cc1csc(COc2ccc(C(F)(F)F)cc2)n1)N1CCc2ccccc21. The van der Waals surface area contributed by atoms with Gasteiger partial charge in [-0.3, -0.25) is 4.79 Å². The van der Waals surface area contributed by atoms with Gasteiger partial charge in [-0.05, 0) is 42.3 Å². The van der Waals surface area contributed by atoms with Crippen LogP contribution in [0.5, 0.6) is 5.75 Å². The van der Waals surface area contributed by atoms with Gasteiger partial charge in [0.1, 0.15) is 17.4 Å². The molecular weight excluding hydrogens is 401 g/mol. The fourth-order valence-corrected chi connectivity index (χ4v) is 3.93. The van der Waals surface area contributed by atoms with Crippen molar-refractivity contribution in [2.45, 2.75) is 25.6 Å². The van der Waals surface area contributed by atoms with Crippen molar-refractivity contribution in [3.8, 4) is 5.75 Å². The number of rotatable bonds is 5. The first-order valence-corrected chi connectivity index (χ1v) is 9.90. The van der Waals surface area contributed by atoms with Crippen LogP contribution in [-0.4, -0.2) is 17.4 Å². The van der Waals surface area contributed by atoms with Crippen LogP contribution in [0.1, 0.15) is 21.8 Å². The first kappa shape index (κ1) is 19.4. The fraction of sp³-hybridized carbons (Fsp3) is 0.238. The molecule has 0 radical (unpaired) electrons. The van der Waals surface area contributed by atoms with Crippen LogP contribution < -0.4 is 9.64 Å². The lowest BCUT2D eigenvalue weighted by molar-refractivity contribution is -0.137. The maximum atomic E-state index is 12.6. The zero-order chi connectivity index (χ0) is 20.4. The van der Waals surface area contributed by atoms with E-state index in [0.717, 1.165) is 24.2 Å². The van der Waals surface area contributed by atoms with Gasteiger partial charge in [-0.15, -0.1) is 11.3 Å². The Kier molecular flexibility index (Phi) is 5.27. The number of carbonyl (C=O) groups is 1. The Balaban J connectivity index is 1.34. The van der Waals surface area contributed by atoms with Crippen molar-refractivity contribution in [1.29, 1.82) is 0 Å². The quantitative estimate of drug-likeness (QED) is 0.594. The number of thiazole rings is 1. The second-order valence-corrected chi connectivity index (χ2v) is 7.59. The first-order chi connectivity index (χ1) is 13.9. The minimum atomic E-state index is -4.37. The molecule has 2 heterocycles. The number of amides is 1. The molecule has 3 aromatic rings. The number of para-hydroxylation sites is 1. The Hall–Kier alpha value is -2.87. The average Bonchev–Trinajstić information content (AvgIpc) is 3.32. The molecule has 0 saturated heterocycles. The Morgan fingerprint density at radius 2 is 1.90 bits per heavy atom. The molecular formula is C21H17F3N2O2S. The summed E-state index contributed by atoms with van der Waals surface area (Å²) in [7, 11) is 0. The monoisotopic (exact) mass is 418 g/mol. The maximum absolute atomic E-state index is 12.6. The molecule has 0 bridgehead atoms. The number of fused-ring (bicyclic) bond motifs is 1. The third-order valence-electron chi connectivity index (χ3n) is 4.66. The highest BCUT2D eigenvalue weighted by atomic mass is 32.1. The lowest BCUT2D eigenvalue weighted by atomic mass is 10.2. The van der Waals surface area contributed by atoms with Crippen molar-refractivity contribution in [3.05, 3.63) is 75.7 Å². The number of aromatic nitrogens is 1. The van der Waals surface area contributed by atoms with Gasteiger partial charge in [0.05, 0.1) is 17.7 Å². The predicted octanol–water partition coefficient (Wildman–Crippen LogP) is 4.87. The van der Waals surface area contributed by atoms with Crippen molar-refractivity contribution >= 4 is 22.9 Å². The Labute approximate surface area is 169 Å². The summed E-state index contributed by atoms with van der Waals surface area (Å²) in [6, 6.07) is 12.4. The van der Waals surface area contributed by atoms with Crippen LogP contribution in [0.4, 0.5) is 18.9 Å². The minimum Gasteiger partial charge on any atom is -0.486 e. The Morgan fingerprint density at radius 1 is 1.14 bits per heavy atom. The largest absolute Gasteiger partial charge is 0.486 e. The number of anilines is 1. The van der Waals surface area contributed by atoms with Crippen LogP contribution in [-0.2, 0) is 30.4 Å². The smallest absolute Gasteiger partial charge is 0.416 e. The number of hydrogen-bond acceptors (Lipinski definition) is 4. The van der Waals surface area contributed by atoms with Gasteiger partial charge in [-0.1, -0.05) is 18.2 Å². The minimum absolute atomic E-state index is 0.00421. The van der Waals surface area contributed by atoms with E-state index in [1.807, 2.05) is 29.6 Å². The topological polar surface area (TPSA) is 42.4 Å². The number of halogens is 3. The Bertz CT molecular complexity index is 1020. The number of benzene rings is 2. The molecule has 29 heavy (non-hydrogen) atoms. The van der Waals surface area contributed by atoms with Gasteiger partial charge >= 0.3 is 6.18 Å². The predicted molar refractivity (Wildman–Crippen MR) is 104 cm³/mol. The summed E-state index contributed by atoms with van der Waals surface area (Å²) in [5.41, 5.74) is 2.07. The van der Waals surface area contributed by atoms with E-state index in [9.17, 15) is 18.0 Å². The molecule has 0 N–H and O–H groups in total. The molecule has 4 rings (SSSR count). The van der Waals surface area contributed by atoms with Crippen LogP contribution in [0.25, 0.3) is 0 Å². The summed E-state index contributed by atoms with van der Waals surface area (Å²) in [6.07, 6.45) is -3.32. The van der Waals surface area contributed by atoms with Gasteiger partial charge in [0.15, 0.2) is 0 Å². The molecule has 1 aromatic heterocycles. The van der Waals surface area contributed by atoms with E-state index in [1.54, 1.807) is 4.90 Å². The van der Waals surface area contributed by atoms with Gasteiger partial charge in [-0.2, -0.15) is 13.2 Å². The standard InChI is InChI=1S/C21H17F3N2O2S/c22-21(23,24)15-5-7-17(8-6-15)28-12-19-25-16(13-29-19)11-20(27)26-10-9-14-3-1-2-4-18(14)26/h1-8,13H,9-12H2. The molecule has 0 atom stereocenters. The van der Waals surface area contributed by atoms with Crippen molar-refractivity contribution in [2.24, 2.45) is 0 Å². The molecule has 150 valence electrons. The zero-order valence-corrected chi connectivity index (χ0v) is 16.1. The van der Waals surface area contributed by atoms with Crippen molar-refractivity contribution in [1.82, 2.24) is 4.98 Å². The third-order valence-corrected chi connectivity index (χ3v) is 5.53. The van der Waals surface area contributed by atoms with E-state index in [-0.39, 0.29) is 18.9 Å². The Morgan fingerprint density at radius 3 is 2.66 bits per heavy atom. The van der Waals surface area contributed by atoms with Crippen molar-refractivity contribution < 1.29 is 22.7 Å². The summed E-state index contributed by atoms with van der Waals surface area (Å²) in [6.45, 7) is 0.809. The van der Waals surface area contributed by atoms with Gasteiger partial charge in [0.2, 0.25) is 5.91 Å². The fourth-order valence-electron chi connectivity index (χ4n) is 3.23. The molecule has 1 aliphatic heterocycles. The van der Waals surface area contributed by atoms with Crippen LogP contribution >= 0.6 is 11.3 Å². The van der Waals surface area contributed by atoms with Gasteiger partial charge in [0, 0.05) is 17.6 Å². The van der Waals surface area contributed by atoms with Crippen LogP contribution in [0.15, 0.2) is 53.9 Å². The van der Waals surface area contributed by atoms with Gasteiger partial charge in [0.25, 0.3) is 0 Å². The lowest BCUT2D eigenvalue weighted by Gasteiger charge is -2.16. The van der Waals surface area contributed by atoms with E-state index in [4.69, 9.17) is 4.74 Å². The van der Waals surface area contributed by atoms with E-state index in [0.29, 0.717) is 23.0 Å². The van der Waals surface area contributed by atoms with Crippen LogP contribution in [0.2, 0.25) is 0 Å². The zero-order valence-electron chi connectivity index (χ0n) is 15.3. The molecule has 1 amide bonds. The molecule has 1 aliphatic rings. The number of nitrogens with zero attached hydrogens (tertiary/aromatic N) is 2. The average molecular weight is 418 g/mol. The second kappa shape index (κ2) is 7.87. The van der Waals surface area contributed by atoms with E-state index in [1.165, 1.54) is 29.0 Å². The van der Waals surface area contributed by atoms with Crippen molar-refractivity contribution in [3.63, 3.8) is 0 Å². The number of hydrogen-bond donors (Lipinski definition) is 0. The summed E-state index contributed by atoms with van der Waals surface area (Å²) < 4.78 is 43.3. The molecule has 4 nitrogen and oxygen atoms in total. The molecule has 0 aliphatic carbocycles. The molecule has 0 unspecified atom stereocenters. The van der Waals surface area contributed by atoms with E-state index in [2.05, 4.69) is 4.98 Å². The number of carbonyl (C=O) groups excluding carboxylic acids is 1. The van der Waals surface area contributed by atoms with E-state index < -0.39 is 11.7 Å². The van der Waals surface area contributed by atoms with Crippen molar-refractivity contribution in [2.75, 3.05) is 11.4 Å². The highest BCUT2D eigenvalue weighted by Crippen LogP contribution is 2.31. The van der Waals surface area contributed by atoms with Gasteiger partial charge < -0.3 is 9.64 Å². The normalized spacial score (nSPS) is 13.4.